The lowest BCUT2D eigenvalue weighted by atomic mass is 10.1. The number of pyridine rings is 1. The van der Waals surface area contributed by atoms with Gasteiger partial charge in [-0.05, 0) is 30.3 Å². The molecule has 0 aliphatic carbocycles. The molecule has 0 unspecified atom stereocenters. The highest BCUT2D eigenvalue weighted by molar-refractivity contribution is 6.07. The van der Waals surface area contributed by atoms with E-state index >= 15 is 4.39 Å². The fraction of sp³-hybridized carbons (Fsp3) is 0.136. The van der Waals surface area contributed by atoms with Gasteiger partial charge in [0, 0.05) is 0 Å². The molecule has 1 aromatic heterocycles. The zero-order valence-electron chi connectivity index (χ0n) is 18.3. The first-order chi connectivity index (χ1) is 16.9. The SMILES string of the molecule is COc1c(Oc2cc(C(F)(F)F)c(OC)c(F)c2C(=O)Nc2ccc(C(N)=O)nc2)ccc(F)c1F. The van der Waals surface area contributed by atoms with Gasteiger partial charge in [-0.2, -0.15) is 17.6 Å². The van der Waals surface area contributed by atoms with Crippen molar-refractivity contribution in [3.63, 3.8) is 0 Å². The van der Waals surface area contributed by atoms with Crippen molar-refractivity contribution in [2.75, 3.05) is 19.5 Å². The van der Waals surface area contributed by atoms with Crippen molar-refractivity contribution in [3.8, 4) is 23.0 Å². The maximum absolute atomic E-state index is 15.3. The van der Waals surface area contributed by atoms with Crippen LogP contribution < -0.4 is 25.3 Å². The molecule has 0 aliphatic rings. The highest BCUT2D eigenvalue weighted by Gasteiger charge is 2.39. The third-order valence-electron chi connectivity index (χ3n) is 4.63. The molecule has 190 valence electrons. The van der Waals surface area contributed by atoms with E-state index in [4.69, 9.17) is 15.2 Å². The number of alkyl halides is 3. The van der Waals surface area contributed by atoms with Crippen LogP contribution in [-0.2, 0) is 6.18 Å². The van der Waals surface area contributed by atoms with Crippen LogP contribution in [0, 0.1) is 17.5 Å². The Hall–Kier alpha value is -4.49. The summed E-state index contributed by atoms with van der Waals surface area (Å²) in [5.74, 6) is -10.7. The summed E-state index contributed by atoms with van der Waals surface area (Å²) < 4.78 is 98.2. The second-order valence-electron chi connectivity index (χ2n) is 6.89. The highest BCUT2D eigenvalue weighted by atomic mass is 19.4. The van der Waals surface area contributed by atoms with Crippen molar-refractivity contribution in [2.45, 2.75) is 6.18 Å². The summed E-state index contributed by atoms with van der Waals surface area (Å²) in [5, 5.41) is 2.17. The molecule has 0 bridgehead atoms. The van der Waals surface area contributed by atoms with Gasteiger partial charge in [0.1, 0.15) is 22.6 Å². The van der Waals surface area contributed by atoms with E-state index in [-0.39, 0.29) is 17.4 Å². The molecule has 3 N–H and O–H groups in total. The van der Waals surface area contributed by atoms with Gasteiger partial charge >= 0.3 is 6.18 Å². The average molecular weight is 515 g/mol. The van der Waals surface area contributed by atoms with Crippen LogP contribution in [0.4, 0.5) is 32.0 Å². The van der Waals surface area contributed by atoms with Gasteiger partial charge in [-0.15, -0.1) is 0 Å². The lowest BCUT2D eigenvalue weighted by molar-refractivity contribution is -0.139. The largest absolute Gasteiger partial charge is 0.493 e. The molecule has 36 heavy (non-hydrogen) atoms. The lowest BCUT2D eigenvalue weighted by Crippen LogP contribution is -2.19. The number of rotatable bonds is 7. The molecule has 0 aliphatic heterocycles. The second-order valence-corrected chi connectivity index (χ2v) is 6.89. The lowest BCUT2D eigenvalue weighted by Gasteiger charge is -2.19. The third-order valence-corrected chi connectivity index (χ3v) is 4.63. The van der Waals surface area contributed by atoms with Crippen LogP contribution in [0.5, 0.6) is 23.0 Å². The molecule has 14 heteroatoms. The Morgan fingerprint density at radius 2 is 1.61 bits per heavy atom. The molecule has 0 atom stereocenters. The van der Waals surface area contributed by atoms with E-state index in [2.05, 4.69) is 15.0 Å². The van der Waals surface area contributed by atoms with Gasteiger partial charge in [0.2, 0.25) is 11.6 Å². The molecular weight excluding hydrogens is 500 g/mol. The van der Waals surface area contributed by atoms with Crippen molar-refractivity contribution in [3.05, 3.63) is 70.8 Å². The fourth-order valence-electron chi connectivity index (χ4n) is 3.02. The van der Waals surface area contributed by atoms with Crippen molar-refractivity contribution in [1.82, 2.24) is 4.98 Å². The Balaban J connectivity index is 2.17. The second kappa shape index (κ2) is 10.0. The minimum absolute atomic E-state index is 0.0976. The monoisotopic (exact) mass is 515 g/mol. The van der Waals surface area contributed by atoms with Crippen LogP contribution in [0.1, 0.15) is 26.4 Å². The van der Waals surface area contributed by atoms with Crippen LogP contribution in [0.3, 0.4) is 0 Å². The number of ether oxygens (including phenoxy) is 3. The number of benzene rings is 2. The van der Waals surface area contributed by atoms with Crippen LogP contribution in [0.2, 0.25) is 0 Å². The van der Waals surface area contributed by atoms with Crippen molar-refractivity contribution in [1.29, 1.82) is 0 Å². The Morgan fingerprint density at radius 1 is 0.944 bits per heavy atom. The van der Waals surface area contributed by atoms with Crippen LogP contribution >= 0.6 is 0 Å². The number of primary amides is 1. The topological polar surface area (TPSA) is 113 Å². The van der Waals surface area contributed by atoms with E-state index in [1.54, 1.807) is 0 Å². The quantitative estimate of drug-likeness (QED) is 0.442. The molecule has 0 saturated carbocycles. The Kier molecular flexibility index (Phi) is 7.27. The molecule has 0 radical (unpaired) electrons. The van der Waals surface area contributed by atoms with E-state index in [1.165, 1.54) is 6.07 Å². The van der Waals surface area contributed by atoms with Crippen molar-refractivity contribution >= 4 is 17.5 Å². The van der Waals surface area contributed by atoms with E-state index in [9.17, 15) is 31.5 Å². The summed E-state index contributed by atoms with van der Waals surface area (Å²) in [6, 6.07) is 3.95. The maximum Gasteiger partial charge on any atom is 0.420 e. The van der Waals surface area contributed by atoms with Gasteiger partial charge < -0.3 is 25.3 Å². The number of nitrogens with two attached hydrogens (primary N) is 1. The molecule has 2 aromatic carbocycles. The molecule has 2 amide bonds. The van der Waals surface area contributed by atoms with Gasteiger partial charge in [-0.3, -0.25) is 9.59 Å². The smallest absolute Gasteiger partial charge is 0.420 e. The predicted octanol–water partition coefficient (Wildman–Crippen LogP) is 4.68. The molecule has 0 saturated heterocycles. The maximum atomic E-state index is 15.3. The Morgan fingerprint density at radius 3 is 2.14 bits per heavy atom. The number of hydrogen-bond acceptors (Lipinski definition) is 6. The number of halogens is 6. The molecular formula is C22H15F6N3O5. The molecule has 3 rings (SSSR count). The molecule has 1 heterocycles. The summed E-state index contributed by atoms with van der Waals surface area (Å²) in [6.45, 7) is 0. The standard InChI is InChI=1S/C22H15F6N3O5/c1-34-18-10(22(26,27)28)7-14(36-13-6-4-11(23)16(24)19(13)35-2)15(17(18)25)21(33)31-9-3-5-12(20(29)32)30-8-9/h3-8H,1-2H3,(H2,29,32)(H,31,33). The van der Waals surface area contributed by atoms with E-state index < -0.39 is 69.6 Å². The van der Waals surface area contributed by atoms with Gasteiger partial charge in [-0.1, -0.05) is 0 Å². The van der Waals surface area contributed by atoms with E-state index in [1.807, 2.05) is 0 Å². The minimum Gasteiger partial charge on any atom is -0.493 e. The zero-order chi connectivity index (χ0) is 26.8. The number of methoxy groups -OCH3 is 2. The predicted molar refractivity (Wildman–Crippen MR) is 112 cm³/mol. The Bertz CT molecular complexity index is 1330. The van der Waals surface area contributed by atoms with Gasteiger partial charge in [-0.25, -0.2) is 13.8 Å². The fourth-order valence-corrected chi connectivity index (χ4v) is 3.02. The van der Waals surface area contributed by atoms with Gasteiger partial charge in [0.15, 0.2) is 23.1 Å². The number of aromatic nitrogens is 1. The normalized spacial score (nSPS) is 11.1. The minimum atomic E-state index is -5.16. The first-order valence-electron chi connectivity index (χ1n) is 9.63. The van der Waals surface area contributed by atoms with Gasteiger partial charge in [0.05, 0.1) is 26.1 Å². The zero-order valence-corrected chi connectivity index (χ0v) is 18.3. The molecule has 3 aromatic rings. The Labute approximate surface area is 198 Å². The first-order valence-corrected chi connectivity index (χ1v) is 9.63. The number of nitrogens with one attached hydrogen (secondary N) is 1. The van der Waals surface area contributed by atoms with Crippen molar-refractivity contribution in [2.24, 2.45) is 5.73 Å². The summed E-state index contributed by atoms with van der Waals surface area (Å²) in [4.78, 5) is 27.7. The summed E-state index contributed by atoms with van der Waals surface area (Å²) in [5.41, 5.74) is 2.09. The first kappa shape index (κ1) is 26.1. The summed E-state index contributed by atoms with van der Waals surface area (Å²) in [7, 11) is 1.68. The van der Waals surface area contributed by atoms with E-state index in [0.717, 1.165) is 32.5 Å². The number of nitrogens with zero attached hydrogens (tertiary/aromatic N) is 1. The van der Waals surface area contributed by atoms with Crippen LogP contribution in [0.15, 0.2) is 36.5 Å². The number of amides is 2. The van der Waals surface area contributed by atoms with Crippen LogP contribution in [-0.4, -0.2) is 31.0 Å². The summed E-state index contributed by atoms with van der Waals surface area (Å²) in [6.07, 6.45) is -4.18. The summed E-state index contributed by atoms with van der Waals surface area (Å²) >= 11 is 0. The average Bonchev–Trinajstić information content (AvgIpc) is 2.81. The number of carbonyl (C=O) groups excluding carboxylic acids is 2. The van der Waals surface area contributed by atoms with Crippen molar-refractivity contribution < 1.29 is 50.1 Å². The van der Waals surface area contributed by atoms with E-state index in [0.29, 0.717) is 6.07 Å². The third kappa shape index (κ3) is 5.11. The number of anilines is 1. The molecule has 8 nitrogen and oxygen atoms in total. The highest BCUT2D eigenvalue weighted by Crippen LogP contribution is 2.45. The number of carbonyl (C=O) groups is 2. The number of hydrogen-bond donors (Lipinski definition) is 2. The van der Waals surface area contributed by atoms with Gasteiger partial charge in [0.25, 0.3) is 11.8 Å². The molecule has 0 spiro atoms. The molecule has 0 fully saturated rings. The van der Waals surface area contributed by atoms with Crippen LogP contribution in [0.25, 0.3) is 0 Å².